The lowest BCUT2D eigenvalue weighted by molar-refractivity contribution is -0.137. The van der Waals surface area contributed by atoms with Gasteiger partial charge in [-0.1, -0.05) is 30.0 Å². The molecule has 2 aromatic carbocycles. The minimum Gasteiger partial charge on any atom is -0.485 e. The van der Waals surface area contributed by atoms with Crippen molar-refractivity contribution in [2.75, 3.05) is 19.8 Å². The highest BCUT2D eigenvalue weighted by Gasteiger charge is 2.30. The van der Waals surface area contributed by atoms with Crippen molar-refractivity contribution in [3.05, 3.63) is 54.1 Å². The maximum absolute atomic E-state index is 12.6. The fourth-order valence-electron chi connectivity index (χ4n) is 2.39. The first kappa shape index (κ1) is 19.4. The van der Waals surface area contributed by atoms with Crippen LogP contribution in [0, 0.1) is 11.8 Å². The Morgan fingerprint density at radius 3 is 2.71 bits per heavy atom. The van der Waals surface area contributed by atoms with Gasteiger partial charge < -0.3 is 19.5 Å². The first-order valence-electron chi connectivity index (χ1n) is 8.35. The number of fused-ring (bicyclic) bond motifs is 1. The van der Waals surface area contributed by atoms with Gasteiger partial charge in [0.25, 0.3) is 5.91 Å². The molecule has 0 unspecified atom stereocenters. The summed E-state index contributed by atoms with van der Waals surface area (Å²) < 4.78 is 54.1. The van der Waals surface area contributed by atoms with Crippen LogP contribution in [0.4, 0.5) is 13.2 Å². The van der Waals surface area contributed by atoms with Crippen molar-refractivity contribution >= 4 is 5.91 Å². The van der Waals surface area contributed by atoms with Gasteiger partial charge in [-0.15, -0.1) is 0 Å². The summed E-state index contributed by atoms with van der Waals surface area (Å²) in [7, 11) is 0. The normalized spacial score (nSPS) is 15.2. The van der Waals surface area contributed by atoms with E-state index in [4.69, 9.17) is 14.2 Å². The number of carbonyl (C=O) groups is 1. The molecule has 5 nitrogen and oxygen atoms in total. The third kappa shape index (κ3) is 5.10. The van der Waals surface area contributed by atoms with Crippen molar-refractivity contribution in [1.29, 1.82) is 0 Å². The van der Waals surface area contributed by atoms with E-state index in [0.29, 0.717) is 11.5 Å². The molecule has 1 amide bonds. The summed E-state index contributed by atoms with van der Waals surface area (Å²) in [5, 5.41) is 2.59. The molecule has 1 atom stereocenters. The van der Waals surface area contributed by atoms with E-state index in [1.54, 1.807) is 24.3 Å². The average Bonchev–Trinajstić information content (AvgIpc) is 2.69. The van der Waals surface area contributed by atoms with E-state index < -0.39 is 17.8 Å². The minimum absolute atomic E-state index is 0.0479. The lowest BCUT2D eigenvalue weighted by atomic mass is 10.2. The number of nitrogens with one attached hydrogen (secondary N) is 1. The van der Waals surface area contributed by atoms with Crippen molar-refractivity contribution in [3.63, 3.8) is 0 Å². The Balaban J connectivity index is 1.42. The number of rotatable bonds is 4. The number of hydrogen-bond acceptors (Lipinski definition) is 4. The van der Waals surface area contributed by atoms with Gasteiger partial charge in [0.05, 0.1) is 12.1 Å². The molecule has 0 radical (unpaired) electrons. The summed E-state index contributed by atoms with van der Waals surface area (Å²) in [5.41, 5.74) is -0.790. The van der Waals surface area contributed by atoms with Crippen molar-refractivity contribution in [2.45, 2.75) is 12.3 Å². The zero-order valence-electron chi connectivity index (χ0n) is 14.6. The van der Waals surface area contributed by atoms with E-state index in [1.165, 1.54) is 12.1 Å². The Kier molecular flexibility index (Phi) is 5.94. The highest BCUT2D eigenvalue weighted by molar-refractivity contribution is 5.82. The third-order valence-electron chi connectivity index (χ3n) is 3.75. The topological polar surface area (TPSA) is 56.8 Å². The number of alkyl halides is 3. The van der Waals surface area contributed by atoms with Crippen LogP contribution in [0.1, 0.15) is 5.56 Å². The smallest absolute Gasteiger partial charge is 0.416 e. The zero-order valence-corrected chi connectivity index (χ0v) is 14.6. The van der Waals surface area contributed by atoms with E-state index >= 15 is 0 Å². The largest absolute Gasteiger partial charge is 0.485 e. The van der Waals surface area contributed by atoms with Gasteiger partial charge in [0.2, 0.25) is 6.10 Å². The van der Waals surface area contributed by atoms with E-state index in [0.717, 1.165) is 12.1 Å². The lowest BCUT2D eigenvalue weighted by Crippen LogP contribution is -2.44. The molecule has 1 heterocycles. The number of carbonyl (C=O) groups excluding carboxylic acids is 1. The molecule has 0 spiro atoms. The highest BCUT2D eigenvalue weighted by Crippen LogP contribution is 2.31. The molecule has 0 bridgehead atoms. The summed E-state index contributed by atoms with van der Waals surface area (Å²) >= 11 is 0. The van der Waals surface area contributed by atoms with Crippen LogP contribution >= 0.6 is 0 Å². The van der Waals surface area contributed by atoms with Crippen LogP contribution < -0.4 is 19.5 Å². The molecule has 1 aliphatic heterocycles. The number of hydrogen-bond donors (Lipinski definition) is 1. The van der Waals surface area contributed by atoms with Crippen molar-refractivity contribution in [2.24, 2.45) is 0 Å². The molecule has 2 aromatic rings. The van der Waals surface area contributed by atoms with Gasteiger partial charge in [0.15, 0.2) is 11.5 Å². The molecule has 0 aliphatic carbocycles. The summed E-state index contributed by atoms with van der Waals surface area (Å²) in [5.74, 6) is 6.06. The average molecular weight is 391 g/mol. The van der Waals surface area contributed by atoms with Gasteiger partial charge in [-0.05, 0) is 30.3 Å². The summed E-state index contributed by atoms with van der Waals surface area (Å²) in [6.07, 6.45) is -5.21. The second-order valence-corrected chi connectivity index (χ2v) is 5.75. The van der Waals surface area contributed by atoms with Crippen molar-refractivity contribution in [1.82, 2.24) is 5.32 Å². The van der Waals surface area contributed by atoms with Crippen LogP contribution in [0.5, 0.6) is 17.2 Å². The van der Waals surface area contributed by atoms with Crippen LogP contribution in [0.25, 0.3) is 0 Å². The Morgan fingerprint density at radius 2 is 1.93 bits per heavy atom. The van der Waals surface area contributed by atoms with E-state index in [1.807, 2.05) is 0 Å². The Bertz CT molecular complexity index is 902. The quantitative estimate of drug-likeness (QED) is 0.814. The molecule has 0 aromatic heterocycles. The van der Waals surface area contributed by atoms with Crippen LogP contribution in [0.15, 0.2) is 48.5 Å². The molecular formula is C20H16F3NO4. The molecule has 28 heavy (non-hydrogen) atoms. The van der Waals surface area contributed by atoms with E-state index in [9.17, 15) is 18.0 Å². The molecule has 8 heteroatoms. The van der Waals surface area contributed by atoms with Crippen LogP contribution in [-0.2, 0) is 11.0 Å². The number of benzene rings is 2. The highest BCUT2D eigenvalue weighted by atomic mass is 19.4. The second kappa shape index (κ2) is 8.57. The van der Waals surface area contributed by atoms with E-state index in [2.05, 4.69) is 17.2 Å². The monoisotopic (exact) mass is 391 g/mol. The number of ether oxygens (including phenoxy) is 3. The Hall–Kier alpha value is -3.34. The fourth-order valence-corrected chi connectivity index (χ4v) is 2.39. The van der Waals surface area contributed by atoms with Crippen molar-refractivity contribution in [3.8, 4) is 29.1 Å². The summed E-state index contributed by atoms with van der Waals surface area (Å²) in [4.78, 5) is 12.1. The number of amides is 1. The molecule has 1 N–H and O–H groups in total. The first-order chi connectivity index (χ1) is 13.4. The first-order valence-corrected chi connectivity index (χ1v) is 8.35. The molecule has 1 aliphatic rings. The van der Waals surface area contributed by atoms with E-state index in [-0.39, 0.29) is 31.4 Å². The maximum atomic E-state index is 12.6. The van der Waals surface area contributed by atoms with Gasteiger partial charge in [0.1, 0.15) is 19.0 Å². The molecular weight excluding hydrogens is 375 g/mol. The van der Waals surface area contributed by atoms with Gasteiger partial charge in [0, 0.05) is 0 Å². The van der Waals surface area contributed by atoms with Crippen LogP contribution in [-0.4, -0.2) is 31.8 Å². The summed E-state index contributed by atoms with van der Waals surface area (Å²) in [6.45, 7) is 0.0365. The Labute approximate surface area is 159 Å². The van der Waals surface area contributed by atoms with Crippen LogP contribution in [0.3, 0.4) is 0 Å². The number of halogens is 3. The zero-order chi connectivity index (χ0) is 20.0. The molecule has 0 fully saturated rings. The predicted octanol–water partition coefficient (Wildman–Crippen LogP) is 3.04. The van der Waals surface area contributed by atoms with Gasteiger partial charge in [-0.25, -0.2) is 0 Å². The van der Waals surface area contributed by atoms with Gasteiger partial charge >= 0.3 is 6.18 Å². The summed E-state index contributed by atoms with van der Waals surface area (Å²) in [6, 6.07) is 11.6. The van der Waals surface area contributed by atoms with Gasteiger partial charge in [-0.2, -0.15) is 13.2 Å². The lowest BCUT2D eigenvalue weighted by Gasteiger charge is -2.25. The third-order valence-corrected chi connectivity index (χ3v) is 3.75. The molecule has 0 saturated carbocycles. The minimum atomic E-state index is -4.43. The maximum Gasteiger partial charge on any atom is 0.416 e. The SMILES string of the molecule is O=C(NCC#CCOc1cccc(C(F)(F)F)c1)[C@@H]1COc2ccccc2O1. The van der Waals surface area contributed by atoms with Gasteiger partial charge in [-0.3, -0.25) is 4.79 Å². The second-order valence-electron chi connectivity index (χ2n) is 5.75. The fraction of sp³-hybridized carbons (Fsp3) is 0.250. The Morgan fingerprint density at radius 1 is 1.14 bits per heavy atom. The van der Waals surface area contributed by atoms with Crippen molar-refractivity contribution < 1.29 is 32.2 Å². The standard InChI is InChI=1S/C20H16F3NO4/c21-20(22,23)14-6-5-7-15(12-14)26-11-4-3-10-24-19(25)18-13-27-16-8-1-2-9-17(16)28-18/h1-2,5-9,12,18H,10-11,13H2,(H,24,25)/t18-/m0/s1. The molecule has 0 saturated heterocycles. The number of para-hydroxylation sites is 2. The molecule has 3 rings (SSSR count). The van der Waals surface area contributed by atoms with Crippen LogP contribution in [0.2, 0.25) is 0 Å². The molecule has 146 valence electrons. The predicted molar refractivity (Wildman–Crippen MR) is 94.1 cm³/mol.